The molecule has 0 bridgehead atoms. The van der Waals surface area contributed by atoms with Crippen molar-refractivity contribution in [3.63, 3.8) is 0 Å². The maximum absolute atomic E-state index is 6.68. The summed E-state index contributed by atoms with van der Waals surface area (Å²) in [6.45, 7) is 16.9. The summed E-state index contributed by atoms with van der Waals surface area (Å²) < 4.78 is 13.1. The molecule has 0 radical (unpaired) electrons. The van der Waals surface area contributed by atoms with Gasteiger partial charge >= 0.3 is 8.56 Å². The van der Waals surface area contributed by atoms with E-state index < -0.39 is 8.56 Å². The summed E-state index contributed by atoms with van der Waals surface area (Å²) >= 11 is 0. The molecule has 1 saturated heterocycles. The topological polar surface area (TPSA) is 18.5 Å². The predicted molar refractivity (Wildman–Crippen MR) is 112 cm³/mol. The molecule has 1 fully saturated rings. The Bertz CT molecular complexity index is 340. The first-order valence-electron chi connectivity index (χ1n) is 11.0. The summed E-state index contributed by atoms with van der Waals surface area (Å²) in [6, 6.07) is 0. The highest BCUT2D eigenvalue weighted by atomic mass is 28.4. The average molecular weight is 371 g/mol. The minimum Gasteiger partial charge on any atom is -0.391 e. The number of rotatable bonds is 11. The van der Waals surface area contributed by atoms with Crippen LogP contribution in [0.1, 0.15) is 119 Å². The molecule has 150 valence electrons. The maximum Gasteiger partial charge on any atom is 0.349 e. The zero-order valence-electron chi connectivity index (χ0n) is 18.4. The van der Waals surface area contributed by atoms with E-state index in [1.807, 2.05) is 0 Å². The Balaban J connectivity index is 2.19. The lowest BCUT2D eigenvalue weighted by molar-refractivity contribution is 0.193. The van der Waals surface area contributed by atoms with Crippen molar-refractivity contribution in [3.8, 4) is 0 Å². The van der Waals surface area contributed by atoms with E-state index in [9.17, 15) is 0 Å². The van der Waals surface area contributed by atoms with Gasteiger partial charge in [-0.25, -0.2) is 0 Å². The first-order chi connectivity index (χ1) is 11.6. The van der Waals surface area contributed by atoms with Gasteiger partial charge in [0.15, 0.2) is 0 Å². The van der Waals surface area contributed by atoms with Crippen LogP contribution in [0.2, 0.25) is 10.1 Å². The van der Waals surface area contributed by atoms with E-state index in [1.54, 1.807) is 0 Å². The van der Waals surface area contributed by atoms with Gasteiger partial charge in [-0.2, -0.15) is 0 Å². The van der Waals surface area contributed by atoms with Gasteiger partial charge in [-0.1, -0.05) is 113 Å². The molecule has 0 saturated carbocycles. The summed E-state index contributed by atoms with van der Waals surface area (Å²) in [5.74, 6) is 0. The Hall–Kier alpha value is 0.137. The summed E-state index contributed by atoms with van der Waals surface area (Å²) in [4.78, 5) is 0. The SMILES string of the molecule is CCCCCCCCCCCCC1CO[Si](C(C)(C)C)(C(C)(C)C)O1. The lowest BCUT2D eigenvalue weighted by Gasteiger charge is -2.45. The van der Waals surface area contributed by atoms with Crippen LogP contribution in [0.25, 0.3) is 0 Å². The van der Waals surface area contributed by atoms with E-state index in [4.69, 9.17) is 8.85 Å². The molecule has 0 aromatic rings. The molecule has 1 rings (SSSR count). The fourth-order valence-corrected chi connectivity index (χ4v) is 9.39. The first-order valence-corrected chi connectivity index (χ1v) is 12.8. The van der Waals surface area contributed by atoms with Crippen molar-refractivity contribution in [1.82, 2.24) is 0 Å². The summed E-state index contributed by atoms with van der Waals surface area (Å²) in [7, 11) is -2.20. The smallest absolute Gasteiger partial charge is 0.349 e. The summed E-state index contributed by atoms with van der Waals surface area (Å²) in [5.41, 5.74) is 0. The van der Waals surface area contributed by atoms with Crippen LogP contribution in [0, 0.1) is 0 Å². The molecule has 0 aromatic carbocycles. The van der Waals surface area contributed by atoms with Gasteiger partial charge in [-0.3, -0.25) is 0 Å². The van der Waals surface area contributed by atoms with E-state index in [0.29, 0.717) is 6.10 Å². The van der Waals surface area contributed by atoms with Crippen LogP contribution < -0.4 is 0 Å². The number of unbranched alkanes of at least 4 members (excludes halogenated alkanes) is 9. The van der Waals surface area contributed by atoms with Crippen LogP contribution in [-0.2, 0) is 8.85 Å². The van der Waals surface area contributed by atoms with E-state index in [1.165, 1.54) is 70.6 Å². The van der Waals surface area contributed by atoms with Gasteiger partial charge in [0.25, 0.3) is 0 Å². The van der Waals surface area contributed by atoms with Gasteiger partial charge in [-0.05, 0) is 6.42 Å². The van der Waals surface area contributed by atoms with Crippen LogP contribution in [-0.4, -0.2) is 21.3 Å². The molecule has 1 unspecified atom stereocenters. The fraction of sp³-hybridized carbons (Fsp3) is 1.00. The molecule has 1 atom stereocenters. The van der Waals surface area contributed by atoms with Crippen LogP contribution in [0.5, 0.6) is 0 Å². The first kappa shape index (κ1) is 23.2. The van der Waals surface area contributed by atoms with Gasteiger partial charge < -0.3 is 8.85 Å². The molecule has 0 spiro atoms. The fourth-order valence-electron chi connectivity index (χ4n) is 4.43. The Morgan fingerprint density at radius 2 is 1.16 bits per heavy atom. The minimum atomic E-state index is -2.20. The Kier molecular flexibility index (Phi) is 9.70. The van der Waals surface area contributed by atoms with Gasteiger partial charge in [0.1, 0.15) is 0 Å². The molecule has 1 aliphatic heterocycles. The van der Waals surface area contributed by atoms with E-state index in [-0.39, 0.29) is 10.1 Å². The Labute approximate surface area is 159 Å². The van der Waals surface area contributed by atoms with Crippen LogP contribution >= 0.6 is 0 Å². The van der Waals surface area contributed by atoms with Gasteiger partial charge in [0, 0.05) is 10.1 Å². The number of hydrogen-bond donors (Lipinski definition) is 0. The second-order valence-electron chi connectivity index (χ2n) is 10.1. The second-order valence-corrected chi connectivity index (χ2v) is 14.9. The highest BCUT2D eigenvalue weighted by Crippen LogP contribution is 2.55. The van der Waals surface area contributed by atoms with Crippen LogP contribution in [0.15, 0.2) is 0 Å². The Morgan fingerprint density at radius 1 is 0.720 bits per heavy atom. The molecular formula is C22H46O2Si. The standard InChI is InChI=1S/C22H46O2Si/c1-8-9-10-11-12-13-14-15-16-17-18-20-19-23-25(24-20,21(2,3)4)22(5,6)7/h20H,8-19H2,1-7H3. The van der Waals surface area contributed by atoms with Crippen molar-refractivity contribution >= 4 is 8.56 Å². The molecule has 1 aliphatic rings. The molecule has 3 heteroatoms. The third-order valence-corrected chi connectivity index (χ3v) is 10.8. The quantitative estimate of drug-likeness (QED) is 0.273. The van der Waals surface area contributed by atoms with Crippen LogP contribution in [0.4, 0.5) is 0 Å². The Morgan fingerprint density at radius 3 is 1.56 bits per heavy atom. The molecular weight excluding hydrogens is 324 g/mol. The minimum absolute atomic E-state index is 0.123. The van der Waals surface area contributed by atoms with Crippen molar-refractivity contribution in [2.45, 2.75) is 135 Å². The maximum atomic E-state index is 6.68. The lowest BCUT2D eigenvalue weighted by atomic mass is 10.0. The molecule has 0 N–H and O–H groups in total. The zero-order valence-corrected chi connectivity index (χ0v) is 19.4. The third kappa shape index (κ3) is 6.99. The highest BCUT2D eigenvalue weighted by Gasteiger charge is 2.61. The second kappa shape index (κ2) is 10.5. The van der Waals surface area contributed by atoms with E-state index >= 15 is 0 Å². The van der Waals surface area contributed by atoms with Crippen molar-refractivity contribution < 1.29 is 8.85 Å². The largest absolute Gasteiger partial charge is 0.391 e. The molecule has 0 aliphatic carbocycles. The number of hydrogen-bond acceptors (Lipinski definition) is 2. The normalized spacial score (nSPS) is 21.0. The predicted octanol–water partition coefficient (Wildman–Crippen LogP) is 7.76. The van der Waals surface area contributed by atoms with Crippen molar-refractivity contribution in [1.29, 1.82) is 0 Å². The molecule has 0 amide bonds. The molecule has 0 aromatic heterocycles. The van der Waals surface area contributed by atoms with Gasteiger partial charge in [0.2, 0.25) is 0 Å². The zero-order chi connectivity index (χ0) is 19.0. The van der Waals surface area contributed by atoms with E-state index in [2.05, 4.69) is 48.5 Å². The van der Waals surface area contributed by atoms with Crippen molar-refractivity contribution in [2.24, 2.45) is 0 Å². The van der Waals surface area contributed by atoms with Gasteiger partial charge in [-0.15, -0.1) is 0 Å². The van der Waals surface area contributed by atoms with Crippen molar-refractivity contribution in [2.75, 3.05) is 6.61 Å². The van der Waals surface area contributed by atoms with Gasteiger partial charge in [0.05, 0.1) is 12.7 Å². The molecule has 1 heterocycles. The highest BCUT2D eigenvalue weighted by molar-refractivity contribution is 6.73. The monoisotopic (exact) mass is 370 g/mol. The lowest BCUT2D eigenvalue weighted by Crippen LogP contribution is -2.54. The molecule has 2 nitrogen and oxygen atoms in total. The summed E-state index contributed by atoms with van der Waals surface area (Å²) in [6.07, 6.45) is 15.5. The average Bonchev–Trinajstić information content (AvgIpc) is 2.94. The summed E-state index contributed by atoms with van der Waals surface area (Å²) in [5, 5.41) is 0.246. The molecule has 25 heavy (non-hydrogen) atoms. The van der Waals surface area contributed by atoms with Crippen LogP contribution in [0.3, 0.4) is 0 Å². The van der Waals surface area contributed by atoms with Crippen molar-refractivity contribution in [3.05, 3.63) is 0 Å². The van der Waals surface area contributed by atoms with E-state index in [0.717, 1.165) is 6.61 Å². The third-order valence-electron chi connectivity index (χ3n) is 5.66.